The van der Waals surface area contributed by atoms with Crippen molar-refractivity contribution in [2.75, 3.05) is 5.32 Å². The normalized spacial score (nSPS) is 11.5. The number of anilines is 1. The predicted octanol–water partition coefficient (Wildman–Crippen LogP) is 4.20. The number of alkyl halides is 3. The SMILES string of the molecule is O=C(Nc1ccc(Br)cc1F)c1cccn1CC(F)(F)F. The smallest absolute Gasteiger partial charge is 0.334 e. The van der Waals surface area contributed by atoms with Crippen molar-refractivity contribution in [1.82, 2.24) is 4.57 Å². The molecule has 0 saturated carbocycles. The second kappa shape index (κ2) is 5.88. The van der Waals surface area contributed by atoms with Crippen LogP contribution in [0.15, 0.2) is 41.0 Å². The zero-order valence-corrected chi connectivity index (χ0v) is 12.0. The molecule has 21 heavy (non-hydrogen) atoms. The minimum atomic E-state index is -4.45. The number of nitrogens with zero attached hydrogens (tertiary/aromatic N) is 1. The van der Waals surface area contributed by atoms with Gasteiger partial charge in [0.15, 0.2) is 0 Å². The molecule has 0 aliphatic heterocycles. The fourth-order valence-electron chi connectivity index (χ4n) is 1.73. The highest BCUT2D eigenvalue weighted by atomic mass is 79.9. The van der Waals surface area contributed by atoms with Crippen molar-refractivity contribution in [1.29, 1.82) is 0 Å². The summed E-state index contributed by atoms with van der Waals surface area (Å²) >= 11 is 3.06. The number of nitrogens with one attached hydrogen (secondary N) is 1. The van der Waals surface area contributed by atoms with Gasteiger partial charge >= 0.3 is 6.18 Å². The second-order valence-corrected chi connectivity index (χ2v) is 5.13. The van der Waals surface area contributed by atoms with Crippen LogP contribution in [-0.2, 0) is 6.54 Å². The number of amides is 1. The van der Waals surface area contributed by atoms with Crippen molar-refractivity contribution in [2.24, 2.45) is 0 Å². The maximum atomic E-state index is 13.6. The second-order valence-electron chi connectivity index (χ2n) is 4.21. The fraction of sp³-hybridized carbons (Fsp3) is 0.154. The molecule has 0 bridgehead atoms. The standard InChI is InChI=1S/C13H9BrF4N2O/c14-8-3-4-10(9(15)6-8)19-12(21)11-2-1-5-20(11)7-13(16,17)18/h1-6H,7H2,(H,19,21). The first kappa shape index (κ1) is 15.6. The maximum Gasteiger partial charge on any atom is 0.406 e. The Morgan fingerprint density at radius 3 is 2.62 bits per heavy atom. The Morgan fingerprint density at radius 2 is 2.00 bits per heavy atom. The van der Waals surface area contributed by atoms with Crippen molar-refractivity contribution in [3.63, 3.8) is 0 Å². The third kappa shape index (κ3) is 4.07. The van der Waals surface area contributed by atoms with Crippen LogP contribution in [0.5, 0.6) is 0 Å². The summed E-state index contributed by atoms with van der Waals surface area (Å²) in [4.78, 5) is 11.9. The summed E-state index contributed by atoms with van der Waals surface area (Å²) in [5.74, 6) is -1.50. The van der Waals surface area contributed by atoms with Gasteiger partial charge in [-0.1, -0.05) is 15.9 Å². The molecule has 2 aromatic rings. The molecule has 112 valence electrons. The molecule has 0 aliphatic rings. The van der Waals surface area contributed by atoms with Crippen LogP contribution in [-0.4, -0.2) is 16.7 Å². The zero-order valence-electron chi connectivity index (χ0n) is 10.4. The van der Waals surface area contributed by atoms with E-state index >= 15 is 0 Å². The summed E-state index contributed by atoms with van der Waals surface area (Å²) in [5.41, 5.74) is -0.308. The van der Waals surface area contributed by atoms with E-state index in [9.17, 15) is 22.4 Å². The lowest BCUT2D eigenvalue weighted by molar-refractivity contribution is -0.140. The van der Waals surface area contributed by atoms with Gasteiger partial charge < -0.3 is 9.88 Å². The lowest BCUT2D eigenvalue weighted by Crippen LogP contribution is -2.23. The van der Waals surface area contributed by atoms with Crippen molar-refractivity contribution in [3.8, 4) is 0 Å². The number of carbonyl (C=O) groups is 1. The average Bonchev–Trinajstić information content (AvgIpc) is 2.78. The minimum Gasteiger partial charge on any atom is -0.334 e. The highest BCUT2D eigenvalue weighted by Crippen LogP contribution is 2.22. The molecule has 1 amide bonds. The summed E-state index contributed by atoms with van der Waals surface area (Å²) < 4.78 is 52.0. The number of halogens is 5. The molecule has 1 heterocycles. The van der Waals surface area contributed by atoms with Gasteiger partial charge in [0.05, 0.1) is 5.69 Å². The van der Waals surface area contributed by atoms with Crippen LogP contribution in [0.1, 0.15) is 10.5 Å². The number of benzene rings is 1. The van der Waals surface area contributed by atoms with E-state index in [1.807, 2.05) is 0 Å². The average molecular weight is 365 g/mol. The lowest BCUT2D eigenvalue weighted by Gasteiger charge is -2.12. The highest BCUT2D eigenvalue weighted by Gasteiger charge is 2.29. The van der Waals surface area contributed by atoms with Gasteiger partial charge in [-0.15, -0.1) is 0 Å². The zero-order chi connectivity index (χ0) is 15.6. The summed E-state index contributed by atoms with van der Waals surface area (Å²) in [6.07, 6.45) is -3.31. The first-order valence-electron chi connectivity index (χ1n) is 5.74. The molecule has 1 aromatic carbocycles. The molecule has 0 fully saturated rings. The molecule has 1 N–H and O–H groups in total. The Kier molecular flexibility index (Phi) is 4.36. The molecular weight excluding hydrogens is 356 g/mol. The summed E-state index contributed by atoms with van der Waals surface area (Å²) in [7, 11) is 0. The molecule has 0 unspecified atom stereocenters. The minimum absolute atomic E-state index is 0.108. The van der Waals surface area contributed by atoms with Gasteiger partial charge in [-0.25, -0.2) is 4.39 Å². The Hall–Kier alpha value is -1.83. The molecule has 0 saturated heterocycles. The summed E-state index contributed by atoms with van der Waals surface area (Å²) in [5, 5.41) is 2.24. The van der Waals surface area contributed by atoms with Crippen LogP contribution in [0.3, 0.4) is 0 Å². The third-order valence-corrected chi connectivity index (χ3v) is 3.08. The number of aromatic nitrogens is 1. The van der Waals surface area contributed by atoms with Gasteiger partial charge in [0.1, 0.15) is 18.1 Å². The van der Waals surface area contributed by atoms with Crippen molar-refractivity contribution < 1.29 is 22.4 Å². The van der Waals surface area contributed by atoms with Gasteiger partial charge in [-0.05, 0) is 30.3 Å². The maximum absolute atomic E-state index is 13.6. The van der Waals surface area contributed by atoms with Crippen molar-refractivity contribution in [3.05, 3.63) is 52.5 Å². The van der Waals surface area contributed by atoms with E-state index in [0.29, 0.717) is 4.47 Å². The first-order chi connectivity index (χ1) is 9.76. The number of hydrogen-bond donors (Lipinski definition) is 1. The van der Waals surface area contributed by atoms with Crippen LogP contribution >= 0.6 is 15.9 Å². The quantitative estimate of drug-likeness (QED) is 0.813. The van der Waals surface area contributed by atoms with Gasteiger partial charge in [-0.2, -0.15) is 13.2 Å². The number of hydrogen-bond acceptors (Lipinski definition) is 1. The third-order valence-electron chi connectivity index (χ3n) is 2.59. The van der Waals surface area contributed by atoms with Crippen molar-refractivity contribution in [2.45, 2.75) is 12.7 Å². The molecule has 0 aliphatic carbocycles. The Balaban J connectivity index is 2.19. The molecular formula is C13H9BrF4N2O. The molecule has 8 heteroatoms. The van der Waals surface area contributed by atoms with E-state index in [0.717, 1.165) is 16.8 Å². The topological polar surface area (TPSA) is 34.0 Å². The van der Waals surface area contributed by atoms with Crippen LogP contribution in [0.4, 0.5) is 23.2 Å². The Labute approximate surface area is 125 Å². The fourth-order valence-corrected chi connectivity index (χ4v) is 2.06. The van der Waals surface area contributed by atoms with Gasteiger partial charge in [0.2, 0.25) is 0 Å². The Bertz CT molecular complexity index is 666. The van der Waals surface area contributed by atoms with Gasteiger partial charge in [0, 0.05) is 10.7 Å². The molecule has 3 nitrogen and oxygen atoms in total. The monoisotopic (exact) mass is 364 g/mol. The van der Waals surface area contributed by atoms with E-state index in [1.165, 1.54) is 24.3 Å². The van der Waals surface area contributed by atoms with E-state index in [-0.39, 0.29) is 11.4 Å². The van der Waals surface area contributed by atoms with E-state index in [1.54, 1.807) is 0 Å². The van der Waals surface area contributed by atoms with Gasteiger partial charge in [-0.3, -0.25) is 4.79 Å². The molecule has 1 aromatic heterocycles. The van der Waals surface area contributed by atoms with Crippen LogP contribution in [0, 0.1) is 5.82 Å². The molecule has 0 atom stereocenters. The molecule has 2 rings (SSSR count). The summed E-state index contributed by atoms with van der Waals surface area (Å²) in [6, 6.07) is 6.52. The van der Waals surface area contributed by atoms with Crippen LogP contribution in [0.2, 0.25) is 0 Å². The first-order valence-corrected chi connectivity index (χ1v) is 6.54. The van der Waals surface area contributed by atoms with Crippen LogP contribution < -0.4 is 5.32 Å². The largest absolute Gasteiger partial charge is 0.406 e. The number of carbonyl (C=O) groups excluding carboxylic acids is 1. The number of rotatable bonds is 3. The van der Waals surface area contributed by atoms with E-state index in [2.05, 4.69) is 21.2 Å². The Morgan fingerprint density at radius 1 is 1.29 bits per heavy atom. The predicted molar refractivity (Wildman–Crippen MR) is 72.5 cm³/mol. The van der Waals surface area contributed by atoms with E-state index in [4.69, 9.17) is 0 Å². The lowest BCUT2D eigenvalue weighted by atomic mass is 10.3. The highest BCUT2D eigenvalue weighted by molar-refractivity contribution is 9.10. The van der Waals surface area contributed by atoms with E-state index < -0.39 is 24.4 Å². The molecule has 0 radical (unpaired) electrons. The molecule has 0 spiro atoms. The van der Waals surface area contributed by atoms with Crippen molar-refractivity contribution >= 4 is 27.5 Å². The van der Waals surface area contributed by atoms with Gasteiger partial charge in [0.25, 0.3) is 5.91 Å². The summed E-state index contributed by atoms with van der Waals surface area (Å²) in [6.45, 7) is -1.29. The van der Waals surface area contributed by atoms with Crippen LogP contribution in [0.25, 0.3) is 0 Å².